The first-order valence-corrected chi connectivity index (χ1v) is 7.14. The number of benzene rings is 2. The van der Waals surface area contributed by atoms with E-state index in [0.717, 1.165) is 5.56 Å². The van der Waals surface area contributed by atoms with Crippen molar-refractivity contribution in [2.75, 3.05) is 6.61 Å². The topological polar surface area (TPSA) is 63.6 Å². The fourth-order valence-corrected chi connectivity index (χ4v) is 2.01. The van der Waals surface area contributed by atoms with Crippen molar-refractivity contribution in [2.45, 2.75) is 12.8 Å². The Hall–Kier alpha value is -2.33. The molecular formula is C17H15ClO4. The summed E-state index contributed by atoms with van der Waals surface area (Å²) in [5.74, 6) is -0.363. The molecule has 0 aliphatic rings. The van der Waals surface area contributed by atoms with Gasteiger partial charge in [-0.25, -0.2) is 0 Å². The number of carboxylic acid groups (broad SMARTS) is 1. The third-order valence-electron chi connectivity index (χ3n) is 3.04. The zero-order valence-electron chi connectivity index (χ0n) is 11.8. The second kappa shape index (κ2) is 7.61. The lowest BCUT2D eigenvalue weighted by Gasteiger charge is -2.06. The number of ether oxygens (including phenoxy) is 1. The van der Waals surface area contributed by atoms with Crippen LogP contribution in [0.4, 0.5) is 0 Å². The Morgan fingerprint density at radius 2 is 1.64 bits per heavy atom. The highest BCUT2D eigenvalue weighted by atomic mass is 35.5. The third kappa shape index (κ3) is 4.90. The van der Waals surface area contributed by atoms with Gasteiger partial charge in [-0.05, 0) is 42.0 Å². The standard InChI is InChI=1S/C17H15ClO4/c18-14-5-1-12(2-6-14)11-16(19)13-3-7-15(8-4-13)22-10-9-17(20)21/h1-8H,9-11H2,(H,20,21). The van der Waals surface area contributed by atoms with Crippen LogP contribution in [-0.4, -0.2) is 23.5 Å². The average Bonchev–Trinajstić information content (AvgIpc) is 2.50. The summed E-state index contributed by atoms with van der Waals surface area (Å²) < 4.78 is 5.28. The van der Waals surface area contributed by atoms with Crippen LogP contribution >= 0.6 is 11.6 Å². The third-order valence-corrected chi connectivity index (χ3v) is 3.29. The first kappa shape index (κ1) is 16.0. The normalized spacial score (nSPS) is 10.2. The molecule has 114 valence electrons. The molecule has 0 radical (unpaired) electrons. The molecule has 0 atom stereocenters. The van der Waals surface area contributed by atoms with Gasteiger partial charge in [0.15, 0.2) is 5.78 Å². The molecule has 2 aromatic carbocycles. The van der Waals surface area contributed by atoms with Crippen LogP contribution in [0.1, 0.15) is 22.3 Å². The van der Waals surface area contributed by atoms with E-state index in [1.807, 2.05) is 12.1 Å². The van der Waals surface area contributed by atoms with Crippen molar-refractivity contribution >= 4 is 23.4 Å². The van der Waals surface area contributed by atoms with Crippen molar-refractivity contribution in [3.8, 4) is 5.75 Å². The fourth-order valence-electron chi connectivity index (χ4n) is 1.88. The summed E-state index contributed by atoms with van der Waals surface area (Å²) in [5.41, 5.74) is 1.48. The van der Waals surface area contributed by atoms with Crippen LogP contribution in [0.3, 0.4) is 0 Å². The predicted octanol–water partition coefficient (Wildman–Crippen LogP) is 3.62. The fraction of sp³-hybridized carbons (Fsp3) is 0.176. The van der Waals surface area contributed by atoms with E-state index in [4.69, 9.17) is 21.4 Å². The second-order valence-corrected chi connectivity index (χ2v) is 5.18. The Kier molecular flexibility index (Phi) is 5.55. The monoisotopic (exact) mass is 318 g/mol. The van der Waals surface area contributed by atoms with Crippen LogP contribution in [0.25, 0.3) is 0 Å². The molecule has 0 heterocycles. The van der Waals surface area contributed by atoms with Crippen LogP contribution in [0.5, 0.6) is 5.75 Å². The molecule has 4 nitrogen and oxygen atoms in total. The Morgan fingerprint density at radius 3 is 2.23 bits per heavy atom. The lowest BCUT2D eigenvalue weighted by atomic mass is 10.0. The Morgan fingerprint density at radius 1 is 1.00 bits per heavy atom. The van der Waals surface area contributed by atoms with Crippen molar-refractivity contribution in [3.05, 3.63) is 64.7 Å². The van der Waals surface area contributed by atoms with E-state index in [2.05, 4.69) is 0 Å². The Bertz CT molecular complexity index is 647. The lowest BCUT2D eigenvalue weighted by Crippen LogP contribution is -2.06. The summed E-state index contributed by atoms with van der Waals surface area (Å²) in [4.78, 5) is 22.6. The van der Waals surface area contributed by atoms with Gasteiger partial charge in [-0.3, -0.25) is 9.59 Å². The number of halogens is 1. The summed E-state index contributed by atoms with van der Waals surface area (Å²) in [6.07, 6.45) is 0.244. The molecule has 22 heavy (non-hydrogen) atoms. The van der Waals surface area contributed by atoms with E-state index >= 15 is 0 Å². The predicted molar refractivity (Wildman–Crippen MR) is 83.7 cm³/mol. The van der Waals surface area contributed by atoms with Gasteiger partial charge in [0.25, 0.3) is 0 Å². The van der Waals surface area contributed by atoms with Gasteiger partial charge in [0.1, 0.15) is 5.75 Å². The summed E-state index contributed by atoms with van der Waals surface area (Å²) in [5, 5.41) is 9.17. The zero-order chi connectivity index (χ0) is 15.9. The molecule has 0 saturated heterocycles. The molecule has 0 amide bonds. The highest BCUT2D eigenvalue weighted by Crippen LogP contribution is 2.16. The molecule has 0 bridgehead atoms. The largest absolute Gasteiger partial charge is 0.493 e. The van der Waals surface area contributed by atoms with Crippen LogP contribution < -0.4 is 4.74 Å². The molecule has 0 aliphatic heterocycles. The summed E-state index contributed by atoms with van der Waals surface area (Å²) in [7, 11) is 0. The number of Topliss-reactive ketones (excluding diaryl/α,β-unsaturated/α-hetero) is 1. The van der Waals surface area contributed by atoms with Crippen molar-refractivity contribution in [1.29, 1.82) is 0 Å². The number of aliphatic carboxylic acids is 1. The molecule has 1 N–H and O–H groups in total. The minimum absolute atomic E-state index is 0.000548. The SMILES string of the molecule is O=C(O)CCOc1ccc(C(=O)Cc2ccc(Cl)cc2)cc1. The van der Waals surface area contributed by atoms with Gasteiger partial charge < -0.3 is 9.84 Å². The molecule has 0 aliphatic carbocycles. The van der Waals surface area contributed by atoms with Gasteiger partial charge in [-0.15, -0.1) is 0 Å². The maximum absolute atomic E-state index is 12.2. The number of ketones is 1. The maximum Gasteiger partial charge on any atom is 0.306 e. The van der Waals surface area contributed by atoms with E-state index < -0.39 is 5.97 Å². The number of hydrogen-bond acceptors (Lipinski definition) is 3. The lowest BCUT2D eigenvalue weighted by molar-refractivity contribution is -0.137. The highest BCUT2D eigenvalue weighted by molar-refractivity contribution is 6.30. The molecule has 0 aromatic heterocycles. The average molecular weight is 319 g/mol. The van der Waals surface area contributed by atoms with Crippen LogP contribution in [0.2, 0.25) is 5.02 Å². The van der Waals surface area contributed by atoms with Gasteiger partial charge in [0.2, 0.25) is 0 Å². The van der Waals surface area contributed by atoms with Crippen LogP contribution in [-0.2, 0) is 11.2 Å². The van der Waals surface area contributed by atoms with E-state index in [1.54, 1.807) is 36.4 Å². The van der Waals surface area contributed by atoms with Crippen molar-refractivity contribution in [1.82, 2.24) is 0 Å². The molecule has 0 unspecified atom stereocenters. The quantitative estimate of drug-likeness (QED) is 0.792. The van der Waals surface area contributed by atoms with Gasteiger partial charge in [0.05, 0.1) is 13.0 Å². The zero-order valence-corrected chi connectivity index (χ0v) is 12.5. The van der Waals surface area contributed by atoms with Crippen molar-refractivity contribution in [2.24, 2.45) is 0 Å². The number of carbonyl (C=O) groups excluding carboxylic acids is 1. The Labute approximate surface area is 133 Å². The minimum Gasteiger partial charge on any atom is -0.493 e. The number of carbonyl (C=O) groups is 2. The van der Waals surface area contributed by atoms with Crippen molar-refractivity contribution < 1.29 is 19.4 Å². The van der Waals surface area contributed by atoms with Crippen molar-refractivity contribution in [3.63, 3.8) is 0 Å². The van der Waals surface area contributed by atoms with E-state index in [9.17, 15) is 9.59 Å². The molecule has 0 fully saturated rings. The van der Waals surface area contributed by atoms with Gasteiger partial charge in [-0.2, -0.15) is 0 Å². The van der Waals surface area contributed by atoms with Gasteiger partial charge in [-0.1, -0.05) is 23.7 Å². The van der Waals surface area contributed by atoms with Gasteiger partial charge >= 0.3 is 5.97 Å². The van der Waals surface area contributed by atoms with Gasteiger partial charge in [0, 0.05) is 17.0 Å². The molecule has 0 saturated carbocycles. The number of rotatable bonds is 7. The van der Waals surface area contributed by atoms with E-state index in [0.29, 0.717) is 22.8 Å². The molecule has 5 heteroatoms. The van der Waals surface area contributed by atoms with Crippen LogP contribution in [0.15, 0.2) is 48.5 Å². The molecule has 0 spiro atoms. The first-order chi connectivity index (χ1) is 10.5. The smallest absolute Gasteiger partial charge is 0.306 e. The first-order valence-electron chi connectivity index (χ1n) is 6.77. The summed E-state index contributed by atoms with van der Waals surface area (Å²) >= 11 is 5.81. The Balaban J connectivity index is 1.93. The number of carboxylic acids is 1. The van der Waals surface area contributed by atoms with E-state index in [-0.39, 0.29) is 18.8 Å². The molecule has 2 rings (SSSR count). The molecular weight excluding hydrogens is 304 g/mol. The number of hydrogen-bond donors (Lipinski definition) is 1. The summed E-state index contributed by atoms with van der Waals surface area (Å²) in [6.45, 7) is 0.105. The second-order valence-electron chi connectivity index (χ2n) is 4.74. The van der Waals surface area contributed by atoms with Crippen LogP contribution in [0, 0.1) is 0 Å². The summed E-state index contributed by atoms with van der Waals surface area (Å²) in [6, 6.07) is 13.8. The minimum atomic E-state index is -0.908. The maximum atomic E-state index is 12.2. The molecule has 2 aromatic rings. The highest BCUT2D eigenvalue weighted by Gasteiger charge is 2.07. The van der Waals surface area contributed by atoms with E-state index in [1.165, 1.54) is 0 Å².